The Kier molecular flexibility index (Phi) is 5.19. The van der Waals surface area contributed by atoms with Crippen molar-refractivity contribution < 1.29 is 19.4 Å². The number of hydrogen-bond acceptors (Lipinski definition) is 3. The molecule has 1 rings (SSSR count). The number of amides is 1. The quantitative estimate of drug-likeness (QED) is 0.810. The Bertz CT molecular complexity index is 378. The van der Waals surface area contributed by atoms with Crippen molar-refractivity contribution in [3.05, 3.63) is 0 Å². The number of carbonyl (C=O) groups excluding carboxylic acids is 1. The summed E-state index contributed by atoms with van der Waals surface area (Å²) in [4.78, 5) is 25.8. The Hall–Kier alpha value is -1.10. The molecule has 0 saturated carbocycles. The summed E-state index contributed by atoms with van der Waals surface area (Å²) < 4.78 is 5.05. The maximum atomic E-state index is 12.6. The first-order valence-corrected chi connectivity index (χ1v) is 7.16. The fraction of sp³-hybridized carbons (Fsp3) is 0.867. The van der Waals surface area contributed by atoms with Crippen LogP contribution < -0.4 is 0 Å². The van der Waals surface area contributed by atoms with Gasteiger partial charge in [-0.1, -0.05) is 27.7 Å². The van der Waals surface area contributed by atoms with Gasteiger partial charge in [0.05, 0.1) is 6.61 Å². The molecule has 116 valence electrons. The number of carbonyl (C=O) groups is 2. The number of likely N-dealkylation sites (tertiary alicyclic amines) is 1. The zero-order chi connectivity index (χ0) is 15.6. The van der Waals surface area contributed by atoms with Crippen LogP contribution in [0.5, 0.6) is 0 Å². The van der Waals surface area contributed by atoms with Crippen LogP contribution in [-0.4, -0.2) is 48.7 Å². The van der Waals surface area contributed by atoms with Crippen LogP contribution in [0.3, 0.4) is 0 Å². The molecule has 1 atom stereocenters. The number of methoxy groups -OCH3 is 1. The van der Waals surface area contributed by atoms with Crippen molar-refractivity contribution in [3.8, 4) is 0 Å². The zero-order valence-electron chi connectivity index (χ0n) is 13.2. The summed E-state index contributed by atoms with van der Waals surface area (Å²) in [5, 5.41) is 9.42. The molecule has 0 aliphatic carbocycles. The number of aliphatic carboxylic acids is 1. The van der Waals surface area contributed by atoms with E-state index in [1.54, 1.807) is 4.90 Å². The Morgan fingerprint density at radius 2 is 2.00 bits per heavy atom. The monoisotopic (exact) mass is 285 g/mol. The number of nitrogens with zero attached hydrogens (tertiary/aromatic N) is 1. The molecule has 1 aliphatic rings. The highest BCUT2D eigenvalue weighted by atomic mass is 16.5. The predicted molar refractivity (Wildman–Crippen MR) is 76.4 cm³/mol. The number of rotatable bonds is 6. The number of carboxylic acids is 1. The molecule has 1 N–H and O–H groups in total. The molecular weight excluding hydrogens is 258 g/mol. The van der Waals surface area contributed by atoms with Gasteiger partial charge in [-0.2, -0.15) is 0 Å². The van der Waals surface area contributed by atoms with Crippen LogP contribution >= 0.6 is 0 Å². The van der Waals surface area contributed by atoms with Gasteiger partial charge in [0.15, 0.2) is 0 Å². The molecule has 1 amide bonds. The third-order valence-electron chi connectivity index (χ3n) is 4.01. The van der Waals surface area contributed by atoms with E-state index in [1.165, 1.54) is 7.11 Å². The average molecular weight is 285 g/mol. The lowest BCUT2D eigenvalue weighted by molar-refractivity contribution is -0.152. The molecule has 5 heteroatoms. The first-order valence-electron chi connectivity index (χ1n) is 7.16. The Morgan fingerprint density at radius 3 is 2.45 bits per heavy atom. The minimum absolute atomic E-state index is 0.0467. The van der Waals surface area contributed by atoms with Gasteiger partial charge in [-0.25, -0.2) is 0 Å². The average Bonchev–Trinajstić information content (AvgIpc) is 2.72. The van der Waals surface area contributed by atoms with E-state index in [9.17, 15) is 14.7 Å². The maximum Gasteiger partial charge on any atom is 0.313 e. The Balaban J connectivity index is 2.81. The van der Waals surface area contributed by atoms with Gasteiger partial charge in [0.25, 0.3) is 0 Å². The molecule has 1 fully saturated rings. The van der Waals surface area contributed by atoms with Gasteiger partial charge in [0.2, 0.25) is 5.91 Å². The summed E-state index contributed by atoms with van der Waals surface area (Å²) in [6, 6.07) is 0. The first-order chi connectivity index (χ1) is 9.14. The molecule has 5 nitrogen and oxygen atoms in total. The molecule has 0 aromatic carbocycles. The van der Waals surface area contributed by atoms with E-state index in [0.717, 1.165) is 6.42 Å². The predicted octanol–water partition coefficient (Wildman–Crippen LogP) is 2.01. The molecule has 0 spiro atoms. The zero-order valence-corrected chi connectivity index (χ0v) is 13.2. The second kappa shape index (κ2) is 6.12. The summed E-state index contributed by atoms with van der Waals surface area (Å²) >= 11 is 0. The van der Waals surface area contributed by atoms with Crippen LogP contribution in [-0.2, 0) is 14.3 Å². The fourth-order valence-corrected chi connectivity index (χ4v) is 3.21. The lowest BCUT2D eigenvalue weighted by Crippen LogP contribution is -2.44. The highest BCUT2D eigenvalue weighted by molar-refractivity contribution is 5.84. The summed E-state index contributed by atoms with van der Waals surface area (Å²) in [5.41, 5.74) is -1.39. The molecule has 1 unspecified atom stereocenters. The minimum atomic E-state index is -0.946. The maximum absolute atomic E-state index is 12.6. The highest BCUT2D eigenvalue weighted by Gasteiger charge is 2.48. The molecule has 0 bridgehead atoms. The van der Waals surface area contributed by atoms with Crippen LogP contribution in [0.4, 0.5) is 0 Å². The standard InChI is InChI=1S/C15H27NO4/c1-11(2)8-14(3,4)12(17)16-7-6-15(9-16,10-20-5)13(18)19/h11H,6-10H2,1-5H3,(H,18,19). The number of hydrogen-bond donors (Lipinski definition) is 1. The fourth-order valence-electron chi connectivity index (χ4n) is 3.21. The van der Waals surface area contributed by atoms with Crippen molar-refractivity contribution in [2.45, 2.75) is 40.5 Å². The van der Waals surface area contributed by atoms with Crippen molar-refractivity contribution in [2.24, 2.45) is 16.7 Å². The van der Waals surface area contributed by atoms with E-state index < -0.39 is 16.8 Å². The lowest BCUT2D eigenvalue weighted by atomic mass is 9.82. The molecule has 1 aliphatic heterocycles. The van der Waals surface area contributed by atoms with Crippen molar-refractivity contribution >= 4 is 11.9 Å². The van der Waals surface area contributed by atoms with E-state index in [0.29, 0.717) is 18.9 Å². The number of carboxylic acid groups (broad SMARTS) is 1. The van der Waals surface area contributed by atoms with Crippen molar-refractivity contribution in [1.82, 2.24) is 4.90 Å². The van der Waals surface area contributed by atoms with Gasteiger partial charge in [-0.15, -0.1) is 0 Å². The SMILES string of the molecule is COCC1(C(=O)O)CCN(C(=O)C(C)(C)CC(C)C)C1. The second-order valence-electron chi connectivity index (χ2n) is 6.98. The van der Waals surface area contributed by atoms with Gasteiger partial charge in [0.1, 0.15) is 5.41 Å². The van der Waals surface area contributed by atoms with E-state index >= 15 is 0 Å². The number of ether oxygens (including phenoxy) is 1. The van der Waals surface area contributed by atoms with Gasteiger partial charge in [-0.05, 0) is 18.8 Å². The highest BCUT2D eigenvalue weighted by Crippen LogP contribution is 2.35. The van der Waals surface area contributed by atoms with Crippen LogP contribution in [0.15, 0.2) is 0 Å². The molecule has 1 saturated heterocycles. The van der Waals surface area contributed by atoms with Gasteiger partial charge < -0.3 is 14.7 Å². The summed E-state index contributed by atoms with van der Waals surface area (Å²) in [5.74, 6) is -0.401. The van der Waals surface area contributed by atoms with Gasteiger partial charge >= 0.3 is 5.97 Å². The summed E-state index contributed by atoms with van der Waals surface area (Å²) in [6.07, 6.45) is 1.26. The smallest absolute Gasteiger partial charge is 0.313 e. The van der Waals surface area contributed by atoms with Crippen molar-refractivity contribution in [3.63, 3.8) is 0 Å². The third kappa shape index (κ3) is 3.51. The third-order valence-corrected chi connectivity index (χ3v) is 4.01. The van der Waals surface area contributed by atoms with Crippen LogP contribution in [0.1, 0.15) is 40.5 Å². The van der Waals surface area contributed by atoms with E-state index in [-0.39, 0.29) is 19.1 Å². The molecule has 20 heavy (non-hydrogen) atoms. The molecule has 0 radical (unpaired) electrons. The van der Waals surface area contributed by atoms with Crippen LogP contribution in [0.25, 0.3) is 0 Å². The van der Waals surface area contributed by atoms with E-state index in [1.807, 2.05) is 13.8 Å². The first kappa shape index (κ1) is 17.0. The van der Waals surface area contributed by atoms with Crippen molar-refractivity contribution in [2.75, 3.05) is 26.8 Å². The van der Waals surface area contributed by atoms with Gasteiger partial charge in [-0.3, -0.25) is 9.59 Å². The molecule has 0 aromatic rings. The lowest BCUT2D eigenvalue weighted by Gasteiger charge is -2.31. The second-order valence-corrected chi connectivity index (χ2v) is 6.98. The minimum Gasteiger partial charge on any atom is -0.481 e. The summed E-state index contributed by atoms with van der Waals surface area (Å²) in [7, 11) is 1.50. The topological polar surface area (TPSA) is 66.8 Å². The Labute approximate surface area is 121 Å². The van der Waals surface area contributed by atoms with E-state index in [2.05, 4.69) is 13.8 Å². The van der Waals surface area contributed by atoms with Crippen LogP contribution in [0, 0.1) is 16.7 Å². The Morgan fingerprint density at radius 1 is 1.40 bits per heavy atom. The van der Waals surface area contributed by atoms with Gasteiger partial charge in [0, 0.05) is 25.6 Å². The largest absolute Gasteiger partial charge is 0.481 e. The molecular formula is C15H27NO4. The molecule has 1 heterocycles. The summed E-state index contributed by atoms with van der Waals surface area (Å²) in [6.45, 7) is 8.94. The molecule has 0 aromatic heterocycles. The van der Waals surface area contributed by atoms with Crippen molar-refractivity contribution in [1.29, 1.82) is 0 Å². The van der Waals surface area contributed by atoms with E-state index in [4.69, 9.17) is 4.74 Å². The van der Waals surface area contributed by atoms with Crippen LogP contribution in [0.2, 0.25) is 0 Å². The normalized spacial score (nSPS) is 23.4.